The fraction of sp³-hybridized carbons (Fsp3) is 0.286. The Morgan fingerprint density at radius 2 is 1.89 bits per heavy atom. The zero-order valence-corrected chi connectivity index (χ0v) is 19.7. The van der Waals surface area contributed by atoms with Crippen molar-refractivity contribution in [1.82, 2.24) is 10.2 Å². The highest BCUT2D eigenvalue weighted by Gasteiger charge is 2.34. The van der Waals surface area contributed by atoms with Crippen LogP contribution in [0.25, 0.3) is 0 Å². The summed E-state index contributed by atoms with van der Waals surface area (Å²) in [6.07, 6.45) is 1.35. The number of hydrogen-bond donors (Lipinski definition) is 1. The zero-order valence-electron chi connectivity index (χ0n) is 19.7. The average Bonchev–Trinajstić information content (AvgIpc) is 2.90. The van der Waals surface area contributed by atoms with Crippen LogP contribution in [0.2, 0.25) is 0 Å². The Morgan fingerprint density at radius 3 is 2.77 bits per heavy atom. The van der Waals surface area contributed by atoms with E-state index in [2.05, 4.69) is 5.32 Å². The molecular weight excluding hydrogens is 444 g/mol. The fourth-order valence-corrected chi connectivity index (χ4v) is 4.71. The van der Waals surface area contributed by atoms with Gasteiger partial charge in [0.05, 0.1) is 25.3 Å². The molecule has 3 aromatic rings. The number of amides is 2. The minimum atomic E-state index is -0.301. The van der Waals surface area contributed by atoms with E-state index < -0.39 is 0 Å². The van der Waals surface area contributed by atoms with Crippen LogP contribution in [-0.2, 0) is 11.2 Å². The Hall–Kier alpha value is -4.00. The lowest BCUT2D eigenvalue weighted by Crippen LogP contribution is -2.40. The summed E-state index contributed by atoms with van der Waals surface area (Å²) >= 11 is 0. The van der Waals surface area contributed by atoms with E-state index in [-0.39, 0.29) is 24.5 Å². The number of methoxy groups -OCH3 is 1. The van der Waals surface area contributed by atoms with Crippen LogP contribution in [0, 0.1) is 0 Å². The van der Waals surface area contributed by atoms with Crippen molar-refractivity contribution in [3.05, 3.63) is 89.0 Å². The number of ether oxygens (including phenoxy) is 3. The van der Waals surface area contributed by atoms with Gasteiger partial charge in [0.1, 0.15) is 17.2 Å². The maximum absolute atomic E-state index is 13.8. The lowest BCUT2D eigenvalue weighted by molar-refractivity contribution is -0.123. The largest absolute Gasteiger partial charge is 0.496 e. The van der Waals surface area contributed by atoms with Gasteiger partial charge in [0.25, 0.3) is 11.8 Å². The van der Waals surface area contributed by atoms with Crippen molar-refractivity contribution < 1.29 is 23.8 Å². The molecule has 0 aromatic heterocycles. The van der Waals surface area contributed by atoms with Gasteiger partial charge in [0, 0.05) is 13.1 Å². The molecular formula is C28H28N2O5. The lowest BCUT2D eigenvalue weighted by Gasteiger charge is -2.38. The topological polar surface area (TPSA) is 77.1 Å². The SMILES string of the molecule is COc1ccccc1C(=O)N1CCc2cc3ccc2C1c1cccc(c1)OCCCNC(=O)CO3. The maximum Gasteiger partial charge on any atom is 0.258 e. The summed E-state index contributed by atoms with van der Waals surface area (Å²) in [6, 6.07) is 20.7. The first-order valence-corrected chi connectivity index (χ1v) is 11.8. The van der Waals surface area contributed by atoms with Gasteiger partial charge in [-0.2, -0.15) is 0 Å². The minimum Gasteiger partial charge on any atom is -0.496 e. The van der Waals surface area contributed by atoms with Crippen molar-refractivity contribution in [2.75, 3.05) is 33.4 Å². The first-order chi connectivity index (χ1) is 17.1. The van der Waals surface area contributed by atoms with Crippen LogP contribution in [0.4, 0.5) is 0 Å². The van der Waals surface area contributed by atoms with Gasteiger partial charge in [-0.15, -0.1) is 0 Å². The second-order valence-electron chi connectivity index (χ2n) is 8.63. The third-order valence-electron chi connectivity index (χ3n) is 6.40. The summed E-state index contributed by atoms with van der Waals surface area (Å²) < 4.78 is 17.2. The first-order valence-electron chi connectivity index (χ1n) is 11.8. The standard InChI is InChI=1S/C28H28N2O5/c1-33-25-9-3-2-8-24(25)28(32)30-14-12-19-16-22-10-11-23(19)27(30)20-6-4-7-21(17-20)34-15-5-13-29-26(31)18-35-22/h2-4,6-11,16-17,27H,5,12-15,18H2,1H3,(H,29,31). The molecule has 3 aliphatic heterocycles. The Balaban J connectivity index is 1.59. The normalized spacial score (nSPS) is 17.7. The molecule has 1 atom stereocenters. The highest BCUT2D eigenvalue weighted by atomic mass is 16.5. The van der Waals surface area contributed by atoms with Crippen molar-refractivity contribution in [1.29, 1.82) is 0 Å². The van der Waals surface area contributed by atoms with Gasteiger partial charge in [-0.25, -0.2) is 0 Å². The predicted octanol–water partition coefficient (Wildman–Crippen LogP) is 3.76. The van der Waals surface area contributed by atoms with Gasteiger partial charge in [-0.1, -0.05) is 30.3 Å². The number of benzene rings is 3. The number of para-hydroxylation sites is 1. The molecule has 6 rings (SSSR count). The van der Waals surface area contributed by atoms with E-state index in [1.807, 2.05) is 59.5 Å². The number of nitrogens with zero attached hydrogens (tertiary/aromatic N) is 1. The van der Waals surface area contributed by atoms with E-state index in [9.17, 15) is 9.59 Å². The van der Waals surface area contributed by atoms with E-state index in [1.54, 1.807) is 19.2 Å². The van der Waals surface area contributed by atoms with Crippen molar-refractivity contribution >= 4 is 11.8 Å². The Bertz CT molecular complexity index is 1240. The summed E-state index contributed by atoms with van der Waals surface area (Å²) in [4.78, 5) is 27.8. The van der Waals surface area contributed by atoms with E-state index >= 15 is 0 Å². The second-order valence-corrected chi connectivity index (χ2v) is 8.63. The van der Waals surface area contributed by atoms with Gasteiger partial charge in [-0.3, -0.25) is 9.59 Å². The number of rotatable bonds is 2. The van der Waals surface area contributed by atoms with Crippen LogP contribution >= 0.6 is 0 Å². The summed E-state index contributed by atoms with van der Waals surface area (Å²) in [5.74, 6) is 1.68. The minimum absolute atomic E-state index is 0.0411. The predicted molar refractivity (Wildman–Crippen MR) is 131 cm³/mol. The molecule has 3 aromatic carbocycles. The molecule has 6 bridgehead atoms. The lowest BCUT2D eigenvalue weighted by atomic mass is 9.87. The molecule has 3 aliphatic rings. The molecule has 0 spiro atoms. The van der Waals surface area contributed by atoms with Crippen LogP contribution in [0.3, 0.4) is 0 Å². The molecule has 35 heavy (non-hydrogen) atoms. The van der Waals surface area contributed by atoms with Crippen LogP contribution in [0.5, 0.6) is 17.2 Å². The molecule has 7 heteroatoms. The molecule has 0 saturated carbocycles. The summed E-state index contributed by atoms with van der Waals surface area (Å²) in [7, 11) is 1.58. The molecule has 0 saturated heterocycles. The third-order valence-corrected chi connectivity index (χ3v) is 6.40. The summed E-state index contributed by atoms with van der Waals surface area (Å²) in [6.45, 7) is 1.47. The van der Waals surface area contributed by atoms with Gasteiger partial charge < -0.3 is 24.4 Å². The Labute approximate surface area is 204 Å². The Kier molecular flexibility index (Phi) is 6.57. The maximum atomic E-state index is 13.8. The van der Waals surface area contributed by atoms with E-state index in [0.29, 0.717) is 49.6 Å². The van der Waals surface area contributed by atoms with Crippen molar-refractivity contribution in [2.24, 2.45) is 0 Å². The molecule has 7 nitrogen and oxygen atoms in total. The van der Waals surface area contributed by atoms with Crippen LogP contribution in [0.1, 0.15) is 39.5 Å². The molecule has 180 valence electrons. The van der Waals surface area contributed by atoms with E-state index in [4.69, 9.17) is 14.2 Å². The molecule has 0 fully saturated rings. The van der Waals surface area contributed by atoms with Gasteiger partial charge >= 0.3 is 0 Å². The summed E-state index contributed by atoms with van der Waals surface area (Å²) in [5.41, 5.74) is 3.63. The van der Waals surface area contributed by atoms with Crippen LogP contribution in [-0.4, -0.2) is 50.1 Å². The first kappa shape index (κ1) is 22.8. The molecule has 1 N–H and O–H groups in total. The van der Waals surface area contributed by atoms with Crippen molar-refractivity contribution in [3.63, 3.8) is 0 Å². The van der Waals surface area contributed by atoms with Crippen molar-refractivity contribution in [2.45, 2.75) is 18.9 Å². The van der Waals surface area contributed by atoms with Crippen LogP contribution in [0.15, 0.2) is 66.7 Å². The monoisotopic (exact) mass is 472 g/mol. The van der Waals surface area contributed by atoms with Crippen LogP contribution < -0.4 is 19.5 Å². The number of nitrogens with one attached hydrogen (secondary N) is 1. The average molecular weight is 473 g/mol. The Morgan fingerprint density at radius 1 is 1.03 bits per heavy atom. The third kappa shape index (κ3) is 4.80. The number of fused-ring (bicyclic) bond motifs is 8. The highest BCUT2D eigenvalue weighted by Crippen LogP contribution is 2.39. The quantitative estimate of drug-likeness (QED) is 0.615. The smallest absolute Gasteiger partial charge is 0.258 e. The second kappa shape index (κ2) is 10.1. The summed E-state index contributed by atoms with van der Waals surface area (Å²) in [5, 5.41) is 2.85. The van der Waals surface area contributed by atoms with E-state index in [1.165, 1.54) is 0 Å². The number of carbonyl (C=O) groups is 2. The van der Waals surface area contributed by atoms with Gasteiger partial charge in [0.2, 0.25) is 0 Å². The zero-order chi connectivity index (χ0) is 24.2. The van der Waals surface area contributed by atoms with Gasteiger partial charge in [-0.05, 0) is 65.9 Å². The number of carbonyl (C=O) groups excluding carboxylic acids is 2. The molecule has 0 radical (unpaired) electrons. The van der Waals surface area contributed by atoms with E-state index in [0.717, 1.165) is 22.4 Å². The highest BCUT2D eigenvalue weighted by molar-refractivity contribution is 5.97. The molecule has 2 amide bonds. The molecule has 1 unspecified atom stereocenters. The molecule has 0 aliphatic carbocycles. The van der Waals surface area contributed by atoms with Gasteiger partial charge in [0.15, 0.2) is 6.61 Å². The van der Waals surface area contributed by atoms with Crippen molar-refractivity contribution in [3.8, 4) is 17.2 Å². The fourth-order valence-electron chi connectivity index (χ4n) is 4.71. The molecule has 3 heterocycles. The number of hydrogen-bond acceptors (Lipinski definition) is 5.